The highest BCUT2D eigenvalue weighted by molar-refractivity contribution is 9.10. The number of aliphatic hydroxyl groups is 2. The predicted molar refractivity (Wildman–Crippen MR) is 58.9 cm³/mol. The molecule has 0 aliphatic carbocycles. The van der Waals surface area contributed by atoms with Crippen molar-refractivity contribution in [2.75, 3.05) is 13.2 Å². The van der Waals surface area contributed by atoms with Crippen LogP contribution in [0.2, 0.25) is 0 Å². The van der Waals surface area contributed by atoms with Crippen LogP contribution in [0.3, 0.4) is 0 Å². The SMILES string of the molecule is OC[C@H](O)CNCc1cc(Br)ccc1F. The summed E-state index contributed by atoms with van der Waals surface area (Å²) in [4.78, 5) is 0. The van der Waals surface area contributed by atoms with Gasteiger partial charge in [-0.25, -0.2) is 4.39 Å². The van der Waals surface area contributed by atoms with Crippen LogP contribution in [0, 0.1) is 5.82 Å². The predicted octanol–water partition coefficient (Wildman–Crippen LogP) is 1.03. The number of benzene rings is 1. The Morgan fingerprint density at radius 2 is 2.20 bits per heavy atom. The minimum atomic E-state index is -0.805. The maximum atomic E-state index is 13.2. The zero-order valence-corrected chi connectivity index (χ0v) is 9.67. The molecule has 0 unspecified atom stereocenters. The number of halogens is 2. The van der Waals surface area contributed by atoms with E-state index in [0.29, 0.717) is 12.1 Å². The summed E-state index contributed by atoms with van der Waals surface area (Å²) >= 11 is 3.25. The van der Waals surface area contributed by atoms with Gasteiger partial charge in [-0.15, -0.1) is 0 Å². The molecule has 0 heterocycles. The lowest BCUT2D eigenvalue weighted by molar-refractivity contribution is 0.0941. The maximum absolute atomic E-state index is 13.2. The van der Waals surface area contributed by atoms with Crippen molar-refractivity contribution in [3.63, 3.8) is 0 Å². The molecule has 1 atom stereocenters. The summed E-state index contributed by atoms with van der Waals surface area (Å²) in [5.74, 6) is -0.288. The lowest BCUT2D eigenvalue weighted by atomic mass is 10.2. The normalized spacial score (nSPS) is 12.8. The molecule has 0 aliphatic heterocycles. The quantitative estimate of drug-likeness (QED) is 0.754. The van der Waals surface area contributed by atoms with E-state index in [9.17, 15) is 4.39 Å². The van der Waals surface area contributed by atoms with Crippen LogP contribution in [0.25, 0.3) is 0 Å². The van der Waals surface area contributed by atoms with Gasteiger partial charge in [0.2, 0.25) is 0 Å². The monoisotopic (exact) mass is 277 g/mol. The molecule has 0 saturated heterocycles. The Hall–Kier alpha value is -0.490. The third-order valence-electron chi connectivity index (χ3n) is 1.91. The summed E-state index contributed by atoms with van der Waals surface area (Å²) in [6, 6.07) is 4.68. The van der Waals surface area contributed by atoms with Crippen molar-refractivity contribution in [1.82, 2.24) is 5.32 Å². The molecule has 0 bridgehead atoms. The van der Waals surface area contributed by atoms with Crippen molar-refractivity contribution in [2.45, 2.75) is 12.6 Å². The summed E-state index contributed by atoms with van der Waals surface area (Å²) in [5.41, 5.74) is 0.523. The number of aliphatic hydroxyl groups excluding tert-OH is 2. The van der Waals surface area contributed by atoms with Gasteiger partial charge in [0.05, 0.1) is 12.7 Å². The molecule has 1 rings (SSSR count). The standard InChI is InChI=1S/C10H13BrFNO2/c11-8-1-2-10(12)7(3-8)4-13-5-9(15)6-14/h1-3,9,13-15H,4-6H2/t9-/m1/s1. The maximum Gasteiger partial charge on any atom is 0.127 e. The van der Waals surface area contributed by atoms with Gasteiger partial charge < -0.3 is 15.5 Å². The molecule has 0 aliphatic rings. The highest BCUT2D eigenvalue weighted by Crippen LogP contribution is 2.15. The highest BCUT2D eigenvalue weighted by Gasteiger charge is 2.04. The van der Waals surface area contributed by atoms with Crippen LogP contribution in [0.4, 0.5) is 4.39 Å². The number of rotatable bonds is 5. The van der Waals surface area contributed by atoms with Gasteiger partial charge in [-0.05, 0) is 18.2 Å². The zero-order chi connectivity index (χ0) is 11.3. The number of nitrogens with one attached hydrogen (secondary N) is 1. The van der Waals surface area contributed by atoms with Crippen LogP contribution >= 0.6 is 15.9 Å². The molecule has 84 valence electrons. The second-order valence-corrected chi connectivity index (χ2v) is 4.12. The molecule has 0 spiro atoms. The first-order valence-corrected chi connectivity index (χ1v) is 5.36. The van der Waals surface area contributed by atoms with Crippen molar-refractivity contribution >= 4 is 15.9 Å². The van der Waals surface area contributed by atoms with Crippen molar-refractivity contribution in [3.8, 4) is 0 Å². The summed E-state index contributed by atoms with van der Waals surface area (Å²) in [6.07, 6.45) is -0.805. The van der Waals surface area contributed by atoms with Crippen LogP contribution < -0.4 is 5.32 Å². The van der Waals surface area contributed by atoms with Crippen LogP contribution in [-0.2, 0) is 6.54 Å². The summed E-state index contributed by atoms with van der Waals surface area (Å²) in [7, 11) is 0. The molecular weight excluding hydrogens is 265 g/mol. The summed E-state index contributed by atoms with van der Waals surface area (Å²) in [5, 5.41) is 20.5. The van der Waals surface area contributed by atoms with E-state index in [-0.39, 0.29) is 19.0 Å². The molecule has 0 amide bonds. The second-order valence-electron chi connectivity index (χ2n) is 3.20. The van der Waals surface area contributed by atoms with Crippen molar-refractivity contribution in [3.05, 3.63) is 34.1 Å². The lowest BCUT2D eigenvalue weighted by Crippen LogP contribution is -2.29. The van der Waals surface area contributed by atoms with Gasteiger partial charge in [0.1, 0.15) is 5.82 Å². The summed E-state index contributed by atoms with van der Waals surface area (Å²) < 4.78 is 14.0. The Labute approximate surface area is 96.1 Å². The van der Waals surface area contributed by atoms with Gasteiger partial charge in [-0.2, -0.15) is 0 Å². The van der Waals surface area contributed by atoms with Gasteiger partial charge >= 0.3 is 0 Å². The Bertz CT molecular complexity index is 322. The van der Waals surface area contributed by atoms with Crippen molar-refractivity contribution in [1.29, 1.82) is 0 Å². The minimum absolute atomic E-state index is 0.239. The van der Waals surface area contributed by atoms with E-state index >= 15 is 0 Å². The Kier molecular flexibility index (Phi) is 5.17. The van der Waals surface area contributed by atoms with E-state index in [4.69, 9.17) is 10.2 Å². The molecule has 3 nitrogen and oxygen atoms in total. The Balaban J connectivity index is 2.46. The Morgan fingerprint density at radius 1 is 1.47 bits per heavy atom. The molecular formula is C10H13BrFNO2. The average Bonchev–Trinajstić information content (AvgIpc) is 2.23. The van der Waals surface area contributed by atoms with Gasteiger partial charge in [0, 0.05) is 23.1 Å². The van der Waals surface area contributed by atoms with Crippen LogP contribution in [-0.4, -0.2) is 29.5 Å². The van der Waals surface area contributed by atoms with Gasteiger partial charge in [-0.1, -0.05) is 15.9 Å². The second kappa shape index (κ2) is 6.17. The number of hydrogen-bond donors (Lipinski definition) is 3. The average molecular weight is 278 g/mol. The van der Waals surface area contributed by atoms with E-state index < -0.39 is 6.10 Å². The highest BCUT2D eigenvalue weighted by atomic mass is 79.9. The first-order valence-electron chi connectivity index (χ1n) is 4.57. The third-order valence-corrected chi connectivity index (χ3v) is 2.41. The fraction of sp³-hybridized carbons (Fsp3) is 0.400. The molecule has 0 saturated carbocycles. The van der Waals surface area contributed by atoms with E-state index in [1.807, 2.05) is 0 Å². The van der Waals surface area contributed by atoms with Gasteiger partial charge in [0.25, 0.3) is 0 Å². The van der Waals surface area contributed by atoms with Crippen molar-refractivity contribution in [2.24, 2.45) is 0 Å². The lowest BCUT2D eigenvalue weighted by Gasteiger charge is -2.09. The molecule has 3 N–H and O–H groups in total. The molecule has 15 heavy (non-hydrogen) atoms. The minimum Gasteiger partial charge on any atom is -0.394 e. The third kappa shape index (κ3) is 4.25. The largest absolute Gasteiger partial charge is 0.394 e. The van der Waals surface area contributed by atoms with Gasteiger partial charge in [0.15, 0.2) is 0 Å². The fourth-order valence-corrected chi connectivity index (χ4v) is 1.53. The van der Waals surface area contributed by atoms with Gasteiger partial charge in [-0.3, -0.25) is 0 Å². The van der Waals surface area contributed by atoms with Crippen LogP contribution in [0.15, 0.2) is 22.7 Å². The van der Waals surface area contributed by atoms with E-state index in [2.05, 4.69) is 21.2 Å². The first-order chi connectivity index (χ1) is 7.13. The van der Waals surface area contributed by atoms with E-state index in [1.165, 1.54) is 6.07 Å². The molecule has 0 radical (unpaired) electrons. The smallest absolute Gasteiger partial charge is 0.127 e. The van der Waals surface area contributed by atoms with Crippen molar-refractivity contribution < 1.29 is 14.6 Å². The fourth-order valence-electron chi connectivity index (χ4n) is 1.12. The van der Waals surface area contributed by atoms with Crippen LogP contribution in [0.1, 0.15) is 5.56 Å². The Morgan fingerprint density at radius 3 is 2.87 bits per heavy atom. The van der Waals surface area contributed by atoms with E-state index in [1.54, 1.807) is 12.1 Å². The zero-order valence-electron chi connectivity index (χ0n) is 8.08. The molecule has 1 aromatic rings. The van der Waals surface area contributed by atoms with Crippen LogP contribution in [0.5, 0.6) is 0 Å². The molecule has 1 aromatic carbocycles. The molecule has 5 heteroatoms. The van der Waals surface area contributed by atoms with E-state index in [0.717, 1.165) is 4.47 Å². The number of hydrogen-bond acceptors (Lipinski definition) is 3. The topological polar surface area (TPSA) is 52.5 Å². The summed E-state index contributed by atoms with van der Waals surface area (Å²) in [6.45, 7) is 0.263. The first kappa shape index (κ1) is 12.6. The molecule has 0 aromatic heterocycles. The molecule has 0 fully saturated rings.